The van der Waals surface area contributed by atoms with Gasteiger partial charge in [0.1, 0.15) is 11.2 Å². The number of benzene rings is 1. The highest BCUT2D eigenvalue weighted by Crippen LogP contribution is 2.29. The molecule has 0 saturated carbocycles. The Morgan fingerprint density at radius 1 is 1.14 bits per heavy atom. The highest BCUT2D eigenvalue weighted by Gasteiger charge is 2.26. The number of fused-ring (bicyclic) bond motifs is 1. The van der Waals surface area contributed by atoms with Crippen LogP contribution in [0.3, 0.4) is 0 Å². The van der Waals surface area contributed by atoms with Crippen molar-refractivity contribution in [2.45, 2.75) is 37.8 Å². The summed E-state index contributed by atoms with van der Waals surface area (Å²) in [4.78, 5) is 24.3. The van der Waals surface area contributed by atoms with Crippen LogP contribution in [-0.4, -0.2) is 84.3 Å². The van der Waals surface area contributed by atoms with Crippen LogP contribution in [0.15, 0.2) is 47.5 Å². The molecule has 0 bridgehead atoms. The minimum absolute atomic E-state index is 0.0305. The number of aliphatic hydroxyl groups excluding tert-OH is 1. The SMILES string of the molecule is CC(C)(C)OC(=O)N1CCN(Cc2cc3c(-c4ccc(S(=O)(=O)NCCO)cc4)ccnc3[nH]2)CC1. The molecule has 3 heterocycles. The summed E-state index contributed by atoms with van der Waals surface area (Å²) >= 11 is 0. The first kappa shape index (κ1) is 26.1. The number of hydrogen-bond acceptors (Lipinski definition) is 7. The number of carbonyl (C=O) groups is 1. The maximum absolute atomic E-state index is 12.3. The minimum atomic E-state index is -3.66. The fraction of sp³-hybridized carbons (Fsp3) is 0.440. The third-order valence-corrected chi connectivity index (χ3v) is 7.36. The highest BCUT2D eigenvalue weighted by molar-refractivity contribution is 7.89. The number of aliphatic hydroxyl groups is 1. The van der Waals surface area contributed by atoms with Crippen LogP contribution in [0.2, 0.25) is 0 Å². The molecule has 1 aliphatic rings. The molecule has 10 nitrogen and oxygen atoms in total. The Kier molecular flexibility index (Phi) is 7.65. The molecule has 36 heavy (non-hydrogen) atoms. The maximum atomic E-state index is 12.3. The molecule has 3 aromatic rings. The lowest BCUT2D eigenvalue weighted by Gasteiger charge is -2.35. The maximum Gasteiger partial charge on any atom is 0.410 e. The van der Waals surface area contributed by atoms with E-state index in [1.54, 1.807) is 35.4 Å². The topological polar surface area (TPSA) is 128 Å². The van der Waals surface area contributed by atoms with Gasteiger partial charge in [-0.05, 0) is 56.2 Å². The van der Waals surface area contributed by atoms with E-state index in [2.05, 4.69) is 25.7 Å². The van der Waals surface area contributed by atoms with Crippen molar-refractivity contribution >= 4 is 27.1 Å². The lowest BCUT2D eigenvalue weighted by molar-refractivity contribution is 0.0138. The monoisotopic (exact) mass is 515 g/mol. The lowest BCUT2D eigenvalue weighted by Crippen LogP contribution is -2.49. The third-order valence-electron chi connectivity index (χ3n) is 5.89. The van der Waals surface area contributed by atoms with Crippen molar-refractivity contribution in [3.8, 4) is 11.1 Å². The summed E-state index contributed by atoms with van der Waals surface area (Å²) in [5, 5.41) is 9.84. The van der Waals surface area contributed by atoms with Gasteiger partial charge in [0.2, 0.25) is 10.0 Å². The van der Waals surface area contributed by atoms with E-state index in [1.165, 1.54) is 0 Å². The Labute approximate surface area is 211 Å². The van der Waals surface area contributed by atoms with Crippen LogP contribution in [-0.2, 0) is 21.3 Å². The van der Waals surface area contributed by atoms with Crippen molar-refractivity contribution in [3.63, 3.8) is 0 Å². The van der Waals surface area contributed by atoms with Gasteiger partial charge in [-0.3, -0.25) is 4.90 Å². The molecular weight excluding hydrogens is 482 g/mol. The fourth-order valence-electron chi connectivity index (χ4n) is 4.15. The van der Waals surface area contributed by atoms with Crippen LogP contribution >= 0.6 is 0 Å². The number of nitrogens with one attached hydrogen (secondary N) is 2. The fourth-order valence-corrected chi connectivity index (χ4v) is 5.17. The molecule has 0 aliphatic carbocycles. The largest absolute Gasteiger partial charge is 0.444 e. The second-order valence-electron chi connectivity index (χ2n) is 9.80. The molecule has 0 unspecified atom stereocenters. The van der Waals surface area contributed by atoms with Gasteiger partial charge in [-0.1, -0.05) is 12.1 Å². The summed E-state index contributed by atoms with van der Waals surface area (Å²) in [6.07, 6.45) is 1.45. The number of pyridine rings is 1. The Balaban J connectivity index is 1.45. The second-order valence-corrected chi connectivity index (χ2v) is 11.6. The van der Waals surface area contributed by atoms with Gasteiger partial charge >= 0.3 is 6.09 Å². The lowest BCUT2D eigenvalue weighted by atomic mass is 10.0. The molecule has 1 aliphatic heterocycles. The minimum Gasteiger partial charge on any atom is -0.444 e. The van der Waals surface area contributed by atoms with E-state index in [1.807, 2.05) is 26.8 Å². The summed E-state index contributed by atoms with van der Waals surface area (Å²) in [6.45, 7) is 8.72. The van der Waals surface area contributed by atoms with Gasteiger partial charge in [-0.15, -0.1) is 0 Å². The number of ether oxygens (including phenoxy) is 1. The number of carbonyl (C=O) groups excluding carboxylic acids is 1. The molecule has 0 spiro atoms. The van der Waals surface area contributed by atoms with Gasteiger partial charge in [-0.2, -0.15) is 0 Å². The summed E-state index contributed by atoms with van der Waals surface area (Å²) < 4.78 is 32.4. The van der Waals surface area contributed by atoms with Crippen LogP contribution in [0.1, 0.15) is 26.5 Å². The smallest absolute Gasteiger partial charge is 0.410 e. The third kappa shape index (κ3) is 6.22. The number of rotatable bonds is 7. The first-order valence-electron chi connectivity index (χ1n) is 11.9. The zero-order chi connectivity index (χ0) is 25.9. The van der Waals surface area contributed by atoms with Crippen molar-refractivity contribution in [1.29, 1.82) is 0 Å². The molecule has 1 fully saturated rings. The van der Waals surface area contributed by atoms with Crippen molar-refractivity contribution in [2.24, 2.45) is 0 Å². The Morgan fingerprint density at radius 2 is 1.83 bits per heavy atom. The second kappa shape index (κ2) is 10.6. The van der Waals surface area contributed by atoms with E-state index in [-0.39, 0.29) is 24.1 Å². The molecule has 3 N–H and O–H groups in total. The van der Waals surface area contributed by atoms with Crippen molar-refractivity contribution < 1.29 is 23.1 Å². The van der Waals surface area contributed by atoms with E-state index < -0.39 is 15.6 Å². The van der Waals surface area contributed by atoms with Crippen LogP contribution in [0.5, 0.6) is 0 Å². The average Bonchev–Trinajstić information content (AvgIpc) is 3.25. The normalized spacial score (nSPS) is 15.4. The molecule has 1 aromatic carbocycles. The number of hydrogen-bond donors (Lipinski definition) is 3. The Hall–Kier alpha value is -2.99. The van der Waals surface area contributed by atoms with E-state index in [0.717, 1.165) is 40.9 Å². The van der Waals surface area contributed by atoms with Gasteiger partial charge in [0.25, 0.3) is 0 Å². The van der Waals surface area contributed by atoms with Crippen molar-refractivity contribution in [3.05, 3.63) is 48.3 Å². The standard InChI is InChI=1S/C25H33N5O5S/c1-25(2,3)35-24(32)30-13-11-29(12-14-30)17-19-16-22-21(8-9-26-23(22)28-19)18-4-6-20(7-5-18)36(33,34)27-10-15-31/h4-9,16,27,31H,10-15,17H2,1-3H3,(H,26,28). The quantitative estimate of drug-likeness (QED) is 0.441. The molecular formula is C25H33N5O5S. The number of aromatic nitrogens is 2. The molecule has 1 amide bonds. The molecule has 0 atom stereocenters. The molecule has 2 aromatic heterocycles. The number of piperazine rings is 1. The Morgan fingerprint density at radius 3 is 2.47 bits per heavy atom. The zero-order valence-electron chi connectivity index (χ0n) is 20.8. The first-order valence-corrected chi connectivity index (χ1v) is 13.4. The predicted octanol–water partition coefficient (Wildman–Crippen LogP) is 2.55. The van der Waals surface area contributed by atoms with E-state index in [9.17, 15) is 13.2 Å². The van der Waals surface area contributed by atoms with E-state index in [0.29, 0.717) is 19.6 Å². The number of sulfonamides is 1. The number of aromatic amines is 1. The summed E-state index contributed by atoms with van der Waals surface area (Å²) in [5.74, 6) is 0. The van der Waals surface area contributed by atoms with Crippen LogP contribution in [0.4, 0.5) is 4.79 Å². The average molecular weight is 516 g/mol. The molecule has 0 radical (unpaired) electrons. The van der Waals surface area contributed by atoms with E-state index >= 15 is 0 Å². The van der Waals surface area contributed by atoms with Gasteiger partial charge in [0.05, 0.1) is 11.5 Å². The van der Waals surface area contributed by atoms with Crippen LogP contribution < -0.4 is 4.72 Å². The number of H-pyrrole nitrogens is 1. The van der Waals surface area contributed by atoms with Crippen LogP contribution in [0, 0.1) is 0 Å². The zero-order valence-corrected chi connectivity index (χ0v) is 21.6. The van der Waals surface area contributed by atoms with Gasteiger partial charge < -0.3 is 19.7 Å². The summed E-state index contributed by atoms with van der Waals surface area (Å²) in [7, 11) is -3.66. The van der Waals surface area contributed by atoms with Gasteiger partial charge in [-0.25, -0.2) is 22.9 Å². The Bertz CT molecular complexity index is 1310. The molecule has 11 heteroatoms. The van der Waals surface area contributed by atoms with Gasteiger partial charge in [0.15, 0.2) is 0 Å². The first-order chi connectivity index (χ1) is 17.1. The molecule has 4 rings (SSSR count). The van der Waals surface area contributed by atoms with E-state index in [4.69, 9.17) is 9.84 Å². The molecule has 1 saturated heterocycles. The summed E-state index contributed by atoms with van der Waals surface area (Å²) in [6, 6.07) is 10.6. The van der Waals surface area contributed by atoms with Crippen molar-refractivity contribution in [2.75, 3.05) is 39.3 Å². The van der Waals surface area contributed by atoms with Gasteiger partial charge in [0, 0.05) is 56.5 Å². The molecule has 194 valence electrons. The number of amides is 1. The van der Waals surface area contributed by atoms with Crippen molar-refractivity contribution in [1.82, 2.24) is 24.5 Å². The highest BCUT2D eigenvalue weighted by atomic mass is 32.2. The summed E-state index contributed by atoms with van der Waals surface area (Å²) in [5.41, 5.74) is 3.10. The predicted molar refractivity (Wildman–Crippen MR) is 137 cm³/mol. The number of nitrogens with zero attached hydrogens (tertiary/aromatic N) is 3. The van der Waals surface area contributed by atoms with Crippen LogP contribution in [0.25, 0.3) is 22.2 Å².